The molecule has 0 aliphatic heterocycles. The van der Waals surface area contributed by atoms with Crippen LogP contribution in [-0.2, 0) is 5.41 Å². The van der Waals surface area contributed by atoms with Crippen LogP contribution in [0.15, 0.2) is 54.6 Å². The molecular weight excluding hydrogens is 220 g/mol. The minimum absolute atomic E-state index is 0.299. The Bertz CT molecular complexity index is 529. The van der Waals surface area contributed by atoms with Crippen molar-refractivity contribution in [1.82, 2.24) is 0 Å². The summed E-state index contributed by atoms with van der Waals surface area (Å²) in [6.07, 6.45) is 1.24. The van der Waals surface area contributed by atoms with E-state index >= 15 is 0 Å². The van der Waals surface area contributed by atoms with E-state index in [4.69, 9.17) is 4.74 Å². The minimum atomic E-state index is 0.299. The standard InChI is InChI=1S/C17H18O/c1-17(14-8-10-15(18-2)11-9-14)12-16(17)13-6-4-3-5-7-13/h3-11,16H,12H2,1-2H3/t16-,17-/m1/s1. The van der Waals surface area contributed by atoms with E-state index in [0.29, 0.717) is 11.3 Å². The lowest BCUT2D eigenvalue weighted by atomic mass is 9.93. The Kier molecular flexibility index (Phi) is 2.62. The summed E-state index contributed by atoms with van der Waals surface area (Å²) < 4.78 is 5.21. The van der Waals surface area contributed by atoms with E-state index in [1.165, 1.54) is 17.5 Å². The molecule has 1 heteroatoms. The van der Waals surface area contributed by atoms with Crippen LogP contribution in [0, 0.1) is 0 Å². The number of hydrogen-bond acceptors (Lipinski definition) is 1. The number of benzene rings is 2. The summed E-state index contributed by atoms with van der Waals surface area (Å²) >= 11 is 0. The van der Waals surface area contributed by atoms with Crippen LogP contribution in [-0.4, -0.2) is 7.11 Å². The van der Waals surface area contributed by atoms with E-state index in [-0.39, 0.29) is 0 Å². The van der Waals surface area contributed by atoms with E-state index < -0.39 is 0 Å². The van der Waals surface area contributed by atoms with Crippen LogP contribution in [0.25, 0.3) is 0 Å². The van der Waals surface area contributed by atoms with Gasteiger partial charge in [-0.25, -0.2) is 0 Å². The van der Waals surface area contributed by atoms with Crippen LogP contribution >= 0.6 is 0 Å². The highest BCUT2D eigenvalue weighted by molar-refractivity contribution is 5.43. The zero-order chi connectivity index (χ0) is 12.6. The second kappa shape index (κ2) is 4.16. The molecule has 2 aromatic carbocycles. The Morgan fingerprint density at radius 1 is 1.00 bits per heavy atom. The third-order valence-electron chi connectivity index (χ3n) is 4.19. The summed E-state index contributed by atoms with van der Waals surface area (Å²) in [4.78, 5) is 0. The summed E-state index contributed by atoms with van der Waals surface area (Å²) in [7, 11) is 1.71. The van der Waals surface area contributed by atoms with Crippen molar-refractivity contribution in [2.75, 3.05) is 7.11 Å². The van der Waals surface area contributed by atoms with Gasteiger partial charge in [-0.05, 0) is 41.0 Å². The van der Waals surface area contributed by atoms with Gasteiger partial charge in [-0.3, -0.25) is 0 Å². The average molecular weight is 238 g/mol. The maximum absolute atomic E-state index is 5.21. The molecule has 0 N–H and O–H groups in total. The van der Waals surface area contributed by atoms with E-state index in [1.807, 2.05) is 0 Å². The van der Waals surface area contributed by atoms with Gasteiger partial charge in [-0.1, -0.05) is 49.4 Å². The first-order valence-corrected chi connectivity index (χ1v) is 6.43. The average Bonchev–Trinajstić information content (AvgIpc) is 3.14. The molecule has 0 spiro atoms. The fourth-order valence-corrected chi connectivity index (χ4v) is 2.83. The zero-order valence-corrected chi connectivity index (χ0v) is 10.9. The lowest BCUT2D eigenvalue weighted by Crippen LogP contribution is -2.03. The molecule has 0 aromatic heterocycles. The number of hydrogen-bond donors (Lipinski definition) is 0. The van der Waals surface area contributed by atoms with Gasteiger partial charge >= 0.3 is 0 Å². The van der Waals surface area contributed by atoms with Crippen molar-refractivity contribution >= 4 is 0 Å². The molecule has 1 saturated carbocycles. The van der Waals surface area contributed by atoms with Crippen LogP contribution in [0.5, 0.6) is 5.75 Å². The minimum Gasteiger partial charge on any atom is -0.497 e. The third-order valence-corrected chi connectivity index (χ3v) is 4.19. The Hall–Kier alpha value is -1.76. The number of rotatable bonds is 3. The first-order chi connectivity index (χ1) is 8.74. The summed E-state index contributed by atoms with van der Waals surface area (Å²) in [6.45, 7) is 2.35. The highest BCUT2D eigenvalue weighted by Crippen LogP contribution is 2.60. The second-order valence-corrected chi connectivity index (χ2v) is 5.31. The van der Waals surface area contributed by atoms with Crippen LogP contribution in [0.4, 0.5) is 0 Å². The number of methoxy groups -OCH3 is 1. The Morgan fingerprint density at radius 3 is 2.28 bits per heavy atom. The molecule has 1 aliphatic carbocycles. The molecule has 0 saturated heterocycles. The van der Waals surface area contributed by atoms with Gasteiger partial charge in [0.15, 0.2) is 0 Å². The normalized spacial score (nSPS) is 25.8. The summed E-state index contributed by atoms with van der Waals surface area (Å²) in [5, 5.41) is 0. The SMILES string of the molecule is COc1ccc([C@@]2(C)C[C@@H]2c2ccccc2)cc1. The van der Waals surface area contributed by atoms with Gasteiger partial charge in [-0.2, -0.15) is 0 Å². The fourth-order valence-electron chi connectivity index (χ4n) is 2.83. The highest BCUT2D eigenvalue weighted by Gasteiger charge is 2.51. The maximum Gasteiger partial charge on any atom is 0.118 e. The van der Waals surface area contributed by atoms with Crippen molar-refractivity contribution in [1.29, 1.82) is 0 Å². The van der Waals surface area contributed by atoms with Crippen molar-refractivity contribution in [3.05, 3.63) is 65.7 Å². The molecule has 92 valence electrons. The molecule has 2 aromatic rings. The molecule has 0 unspecified atom stereocenters. The fraction of sp³-hybridized carbons (Fsp3) is 0.294. The highest BCUT2D eigenvalue weighted by atomic mass is 16.5. The van der Waals surface area contributed by atoms with E-state index in [1.54, 1.807) is 7.11 Å². The molecule has 0 heterocycles. The molecule has 1 aliphatic rings. The molecule has 0 bridgehead atoms. The monoisotopic (exact) mass is 238 g/mol. The van der Waals surface area contributed by atoms with Crippen molar-refractivity contribution in [2.45, 2.75) is 24.7 Å². The van der Waals surface area contributed by atoms with Crippen molar-refractivity contribution < 1.29 is 4.74 Å². The molecule has 0 radical (unpaired) electrons. The van der Waals surface area contributed by atoms with E-state index in [9.17, 15) is 0 Å². The van der Waals surface area contributed by atoms with Gasteiger partial charge in [0.25, 0.3) is 0 Å². The molecule has 3 rings (SSSR count). The van der Waals surface area contributed by atoms with Crippen molar-refractivity contribution in [3.63, 3.8) is 0 Å². The topological polar surface area (TPSA) is 9.23 Å². The van der Waals surface area contributed by atoms with Crippen LogP contribution in [0.2, 0.25) is 0 Å². The molecule has 0 amide bonds. The Morgan fingerprint density at radius 2 is 1.67 bits per heavy atom. The summed E-state index contributed by atoms with van der Waals surface area (Å²) in [6, 6.07) is 19.3. The lowest BCUT2D eigenvalue weighted by Gasteiger charge is -2.12. The molecule has 1 fully saturated rings. The second-order valence-electron chi connectivity index (χ2n) is 5.31. The molecule has 1 nitrogen and oxygen atoms in total. The van der Waals surface area contributed by atoms with Gasteiger partial charge in [0.1, 0.15) is 5.75 Å². The van der Waals surface area contributed by atoms with Crippen LogP contribution in [0.1, 0.15) is 30.4 Å². The largest absolute Gasteiger partial charge is 0.497 e. The van der Waals surface area contributed by atoms with Crippen LogP contribution < -0.4 is 4.74 Å². The van der Waals surface area contributed by atoms with Gasteiger partial charge in [0.2, 0.25) is 0 Å². The molecular formula is C17H18O. The predicted octanol–water partition coefficient (Wildman–Crippen LogP) is 4.14. The smallest absolute Gasteiger partial charge is 0.118 e. The molecule has 2 atom stereocenters. The summed E-state index contributed by atoms with van der Waals surface area (Å²) in [5.41, 5.74) is 3.17. The molecule has 18 heavy (non-hydrogen) atoms. The Balaban J connectivity index is 1.85. The lowest BCUT2D eigenvalue weighted by molar-refractivity contribution is 0.414. The van der Waals surface area contributed by atoms with Gasteiger partial charge in [-0.15, -0.1) is 0 Å². The van der Waals surface area contributed by atoms with Crippen molar-refractivity contribution in [2.24, 2.45) is 0 Å². The van der Waals surface area contributed by atoms with Crippen molar-refractivity contribution in [3.8, 4) is 5.75 Å². The quantitative estimate of drug-likeness (QED) is 0.781. The first kappa shape index (κ1) is 11.3. The van der Waals surface area contributed by atoms with Gasteiger partial charge in [0.05, 0.1) is 7.11 Å². The van der Waals surface area contributed by atoms with E-state index in [0.717, 1.165) is 5.75 Å². The predicted molar refractivity (Wildman–Crippen MR) is 74.1 cm³/mol. The zero-order valence-electron chi connectivity index (χ0n) is 10.9. The van der Waals surface area contributed by atoms with Gasteiger partial charge in [0, 0.05) is 0 Å². The summed E-state index contributed by atoms with van der Waals surface area (Å²) in [5.74, 6) is 1.59. The Labute approximate surface area is 108 Å². The van der Waals surface area contributed by atoms with Crippen LogP contribution in [0.3, 0.4) is 0 Å². The maximum atomic E-state index is 5.21. The third kappa shape index (κ3) is 1.80. The first-order valence-electron chi connectivity index (χ1n) is 6.43. The van der Waals surface area contributed by atoms with E-state index in [2.05, 4.69) is 61.5 Å². The van der Waals surface area contributed by atoms with Gasteiger partial charge < -0.3 is 4.74 Å². The number of ether oxygens (including phenoxy) is 1.